The van der Waals surface area contributed by atoms with Crippen LogP contribution in [0.2, 0.25) is 0 Å². The standard InChI is InChI=1S/C22H24N6O/c29-22(27-14-8-18(9-15-27)17-4-2-1-3-5-17)19-10-12-26(13-11-19)21-7-6-20-24-23-16-28(20)25-21/h1-8,16,19H,9-15H2. The molecule has 7 nitrogen and oxygen atoms in total. The molecule has 0 bridgehead atoms. The molecule has 0 radical (unpaired) electrons. The average molecular weight is 388 g/mol. The molecule has 0 spiro atoms. The first-order valence-electron chi connectivity index (χ1n) is 10.2. The van der Waals surface area contributed by atoms with Crippen LogP contribution in [-0.2, 0) is 4.79 Å². The van der Waals surface area contributed by atoms with E-state index in [1.54, 1.807) is 10.8 Å². The Morgan fingerprint density at radius 2 is 1.83 bits per heavy atom. The summed E-state index contributed by atoms with van der Waals surface area (Å²) in [4.78, 5) is 17.3. The van der Waals surface area contributed by atoms with Crippen molar-refractivity contribution in [1.29, 1.82) is 0 Å². The van der Waals surface area contributed by atoms with E-state index in [1.807, 2.05) is 23.1 Å². The molecule has 1 amide bonds. The van der Waals surface area contributed by atoms with Gasteiger partial charge in [0.15, 0.2) is 5.65 Å². The van der Waals surface area contributed by atoms with Gasteiger partial charge in [-0.3, -0.25) is 4.79 Å². The maximum Gasteiger partial charge on any atom is 0.226 e. The number of hydrogen-bond donors (Lipinski definition) is 0. The van der Waals surface area contributed by atoms with Crippen LogP contribution in [0.1, 0.15) is 24.8 Å². The normalized spacial score (nSPS) is 18.1. The number of anilines is 1. The zero-order valence-corrected chi connectivity index (χ0v) is 16.3. The first kappa shape index (κ1) is 17.8. The summed E-state index contributed by atoms with van der Waals surface area (Å²) in [7, 11) is 0. The van der Waals surface area contributed by atoms with Crippen LogP contribution in [0.15, 0.2) is 54.9 Å². The van der Waals surface area contributed by atoms with Crippen molar-refractivity contribution in [3.63, 3.8) is 0 Å². The zero-order chi connectivity index (χ0) is 19.6. The van der Waals surface area contributed by atoms with Gasteiger partial charge in [-0.2, -0.15) is 4.52 Å². The van der Waals surface area contributed by atoms with Gasteiger partial charge in [0.25, 0.3) is 0 Å². The van der Waals surface area contributed by atoms with E-state index in [9.17, 15) is 4.79 Å². The van der Waals surface area contributed by atoms with E-state index in [-0.39, 0.29) is 5.92 Å². The van der Waals surface area contributed by atoms with E-state index in [0.29, 0.717) is 5.91 Å². The molecule has 4 heterocycles. The molecular weight excluding hydrogens is 364 g/mol. The third-order valence-electron chi connectivity index (χ3n) is 5.98. The van der Waals surface area contributed by atoms with Gasteiger partial charge in [-0.25, -0.2) is 0 Å². The first-order chi connectivity index (χ1) is 14.3. The summed E-state index contributed by atoms with van der Waals surface area (Å²) in [5.74, 6) is 1.32. The van der Waals surface area contributed by atoms with Crippen molar-refractivity contribution in [2.45, 2.75) is 19.3 Å². The topological polar surface area (TPSA) is 66.6 Å². The number of rotatable bonds is 3. The summed E-state index contributed by atoms with van der Waals surface area (Å²) in [6.07, 6.45) is 6.49. The number of carbonyl (C=O) groups is 1. The van der Waals surface area contributed by atoms with Gasteiger partial charge >= 0.3 is 0 Å². The lowest BCUT2D eigenvalue weighted by Gasteiger charge is -2.35. The molecule has 0 aliphatic carbocycles. The lowest BCUT2D eigenvalue weighted by Crippen LogP contribution is -2.44. The third kappa shape index (κ3) is 3.60. The van der Waals surface area contributed by atoms with Crippen LogP contribution < -0.4 is 4.90 Å². The highest BCUT2D eigenvalue weighted by molar-refractivity contribution is 5.81. The molecule has 0 saturated carbocycles. The molecule has 1 saturated heterocycles. The molecule has 1 fully saturated rings. The fourth-order valence-electron chi connectivity index (χ4n) is 4.28. The minimum Gasteiger partial charge on any atom is -0.355 e. The smallest absolute Gasteiger partial charge is 0.226 e. The van der Waals surface area contributed by atoms with Gasteiger partial charge in [-0.1, -0.05) is 36.4 Å². The number of piperidine rings is 1. The second-order valence-corrected chi connectivity index (χ2v) is 7.72. The van der Waals surface area contributed by atoms with Gasteiger partial charge in [0.05, 0.1) is 0 Å². The number of hydrogen-bond acceptors (Lipinski definition) is 5. The number of fused-ring (bicyclic) bond motifs is 1. The number of amides is 1. The van der Waals surface area contributed by atoms with Gasteiger partial charge in [0.2, 0.25) is 5.91 Å². The van der Waals surface area contributed by atoms with E-state index in [2.05, 4.69) is 50.5 Å². The van der Waals surface area contributed by atoms with E-state index >= 15 is 0 Å². The Morgan fingerprint density at radius 3 is 2.59 bits per heavy atom. The van der Waals surface area contributed by atoms with Gasteiger partial charge in [0, 0.05) is 32.1 Å². The van der Waals surface area contributed by atoms with Crippen LogP contribution >= 0.6 is 0 Å². The Kier molecular flexibility index (Phi) is 4.71. The van der Waals surface area contributed by atoms with Crippen molar-refractivity contribution < 1.29 is 4.79 Å². The van der Waals surface area contributed by atoms with Gasteiger partial charge < -0.3 is 9.80 Å². The van der Waals surface area contributed by atoms with Crippen molar-refractivity contribution in [1.82, 2.24) is 24.7 Å². The fraction of sp³-hybridized carbons (Fsp3) is 0.364. The van der Waals surface area contributed by atoms with E-state index in [0.717, 1.165) is 56.9 Å². The van der Waals surface area contributed by atoms with Crippen LogP contribution in [-0.4, -0.2) is 56.8 Å². The fourth-order valence-corrected chi connectivity index (χ4v) is 4.28. The van der Waals surface area contributed by atoms with Crippen molar-refractivity contribution in [2.75, 3.05) is 31.1 Å². The summed E-state index contributed by atoms with van der Waals surface area (Å²) in [5.41, 5.74) is 3.36. The first-order valence-corrected chi connectivity index (χ1v) is 10.2. The van der Waals surface area contributed by atoms with Crippen LogP contribution in [0.25, 0.3) is 11.2 Å². The highest BCUT2D eigenvalue weighted by Gasteiger charge is 2.30. The molecule has 2 aliphatic heterocycles. The number of aromatic nitrogens is 4. The van der Waals surface area contributed by atoms with E-state index in [4.69, 9.17) is 0 Å². The second kappa shape index (κ2) is 7.66. The molecule has 0 atom stereocenters. The Labute approximate surface area is 169 Å². The van der Waals surface area contributed by atoms with Gasteiger partial charge in [-0.15, -0.1) is 15.3 Å². The second-order valence-electron chi connectivity index (χ2n) is 7.72. The predicted octanol–water partition coefficient (Wildman–Crippen LogP) is 2.66. The van der Waals surface area contributed by atoms with Crippen molar-refractivity contribution in [3.8, 4) is 0 Å². The average Bonchev–Trinajstić information content (AvgIpc) is 3.27. The molecule has 0 unspecified atom stereocenters. The number of carbonyl (C=O) groups excluding carboxylic acids is 1. The van der Waals surface area contributed by atoms with Crippen LogP contribution in [0.5, 0.6) is 0 Å². The lowest BCUT2D eigenvalue weighted by atomic mass is 9.93. The molecule has 148 valence electrons. The Morgan fingerprint density at radius 1 is 1.00 bits per heavy atom. The zero-order valence-electron chi connectivity index (χ0n) is 16.3. The Balaban J connectivity index is 1.19. The highest BCUT2D eigenvalue weighted by atomic mass is 16.2. The van der Waals surface area contributed by atoms with Crippen LogP contribution in [0.4, 0.5) is 5.82 Å². The lowest BCUT2D eigenvalue weighted by molar-refractivity contribution is -0.135. The van der Waals surface area contributed by atoms with Crippen molar-refractivity contribution >= 4 is 22.9 Å². The molecule has 1 aromatic carbocycles. The van der Waals surface area contributed by atoms with Crippen molar-refractivity contribution in [2.24, 2.45) is 5.92 Å². The molecule has 5 rings (SSSR count). The SMILES string of the molecule is O=C(C1CCN(c2ccc3nncn3n2)CC1)N1CC=C(c2ccccc2)CC1. The Hall–Kier alpha value is -3.22. The molecule has 2 aliphatic rings. The molecular formula is C22H24N6O. The summed E-state index contributed by atoms with van der Waals surface area (Å²) in [5, 5.41) is 12.4. The molecule has 7 heteroatoms. The predicted molar refractivity (Wildman–Crippen MR) is 111 cm³/mol. The van der Waals surface area contributed by atoms with Gasteiger partial charge in [0.1, 0.15) is 12.1 Å². The van der Waals surface area contributed by atoms with E-state index < -0.39 is 0 Å². The molecule has 2 aromatic heterocycles. The minimum atomic E-state index is 0.108. The largest absolute Gasteiger partial charge is 0.355 e. The third-order valence-corrected chi connectivity index (χ3v) is 5.98. The Bertz CT molecular complexity index is 1040. The molecule has 3 aromatic rings. The summed E-state index contributed by atoms with van der Waals surface area (Å²) in [6, 6.07) is 14.4. The maximum absolute atomic E-state index is 13.0. The van der Waals surface area contributed by atoms with Crippen LogP contribution in [0.3, 0.4) is 0 Å². The summed E-state index contributed by atoms with van der Waals surface area (Å²) < 4.78 is 1.69. The molecule has 29 heavy (non-hydrogen) atoms. The monoisotopic (exact) mass is 388 g/mol. The number of nitrogens with zero attached hydrogens (tertiary/aromatic N) is 6. The summed E-state index contributed by atoms with van der Waals surface area (Å²) in [6.45, 7) is 3.22. The number of benzene rings is 1. The van der Waals surface area contributed by atoms with Crippen molar-refractivity contribution in [3.05, 3.63) is 60.4 Å². The van der Waals surface area contributed by atoms with Gasteiger partial charge in [-0.05, 0) is 42.5 Å². The summed E-state index contributed by atoms with van der Waals surface area (Å²) >= 11 is 0. The maximum atomic E-state index is 13.0. The quantitative estimate of drug-likeness (QED) is 0.690. The molecule has 0 N–H and O–H groups in total. The highest BCUT2D eigenvalue weighted by Crippen LogP contribution is 2.27. The minimum absolute atomic E-state index is 0.108. The van der Waals surface area contributed by atoms with Crippen LogP contribution in [0, 0.1) is 5.92 Å². The van der Waals surface area contributed by atoms with E-state index in [1.165, 1.54) is 11.1 Å².